The van der Waals surface area contributed by atoms with Crippen LogP contribution in [0.25, 0.3) is 0 Å². The molecule has 1 aliphatic heterocycles. The molecule has 2 N–H and O–H groups in total. The molecule has 1 fully saturated rings. The second-order valence-corrected chi connectivity index (χ2v) is 4.77. The number of amides is 1. The van der Waals surface area contributed by atoms with Crippen LogP contribution in [0.4, 0.5) is 4.39 Å². The molecule has 0 aromatic heterocycles. The first-order valence-corrected chi connectivity index (χ1v) is 5.84. The molecule has 1 saturated heterocycles. The number of halogens is 1. The van der Waals surface area contributed by atoms with Gasteiger partial charge in [0.1, 0.15) is 5.82 Å². The summed E-state index contributed by atoms with van der Waals surface area (Å²) in [5, 5.41) is 0. The molecule has 2 rings (SSSR count). The van der Waals surface area contributed by atoms with Gasteiger partial charge < -0.3 is 5.73 Å². The largest absolute Gasteiger partial charge is 0.369 e. The van der Waals surface area contributed by atoms with Crippen molar-refractivity contribution in [3.63, 3.8) is 0 Å². The predicted octanol–water partition coefficient (Wildman–Crippen LogP) is 1.69. The Morgan fingerprint density at radius 1 is 1.53 bits per heavy atom. The van der Waals surface area contributed by atoms with E-state index in [1.54, 1.807) is 12.1 Å². The van der Waals surface area contributed by atoms with E-state index in [1.165, 1.54) is 6.07 Å². The van der Waals surface area contributed by atoms with Gasteiger partial charge in [0, 0.05) is 18.2 Å². The maximum absolute atomic E-state index is 13.7. The molecule has 1 amide bonds. The van der Waals surface area contributed by atoms with Crippen LogP contribution in [-0.2, 0) is 4.79 Å². The van der Waals surface area contributed by atoms with Gasteiger partial charge in [-0.25, -0.2) is 4.39 Å². The number of benzene rings is 1. The molecular weight excluding hydrogens is 219 g/mol. The van der Waals surface area contributed by atoms with E-state index in [9.17, 15) is 9.18 Å². The fourth-order valence-electron chi connectivity index (χ4n) is 2.58. The lowest BCUT2D eigenvalue weighted by Gasteiger charge is -2.23. The Balaban J connectivity index is 2.24. The first-order valence-electron chi connectivity index (χ1n) is 5.84. The van der Waals surface area contributed by atoms with Gasteiger partial charge in [-0.3, -0.25) is 9.69 Å². The lowest BCUT2D eigenvalue weighted by atomic mass is 10.0. The van der Waals surface area contributed by atoms with E-state index in [4.69, 9.17) is 5.73 Å². The molecule has 3 nitrogen and oxygen atoms in total. The van der Waals surface area contributed by atoms with E-state index < -0.39 is 0 Å². The Morgan fingerprint density at radius 2 is 2.24 bits per heavy atom. The fraction of sp³-hybridized carbons (Fsp3) is 0.462. The number of hydrogen-bond acceptors (Lipinski definition) is 2. The minimum atomic E-state index is -0.361. The van der Waals surface area contributed by atoms with Crippen LogP contribution < -0.4 is 5.73 Å². The highest BCUT2D eigenvalue weighted by atomic mass is 19.1. The molecule has 0 spiro atoms. The molecular formula is C13H17FN2O. The Hall–Kier alpha value is -1.42. The smallest absolute Gasteiger partial charge is 0.231 e. The van der Waals surface area contributed by atoms with Gasteiger partial charge in [0.25, 0.3) is 0 Å². The predicted molar refractivity (Wildman–Crippen MR) is 63.7 cm³/mol. The van der Waals surface area contributed by atoms with E-state index in [1.807, 2.05) is 11.0 Å². The van der Waals surface area contributed by atoms with Crippen molar-refractivity contribution in [2.75, 3.05) is 13.1 Å². The summed E-state index contributed by atoms with van der Waals surface area (Å²) >= 11 is 0. The van der Waals surface area contributed by atoms with Crippen LogP contribution in [0.3, 0.4) is 0 Å². The lowest BCUT2D eigenvalue weighted by Crippen LogP contribution is -2.34. The summed E-state index contributed by atoms with van der Waals surface area (Å²) in [6, 6.07) is 6.71. The number of carbonyl (C=O) groups is 1. The number of hydrogen-bond donors (Lipinski definition) is 1. The number of nitrogens with zero attached hydrogens (tertiary/aromatic N) is 1. The van der Waals surface area contributed by atoms with E-state index in [2.05, 4.69) is 6.92 Å². The number of rotatable bonds is 3. The summed E-state index contributed by atoms with van der Waals surface area (Å²) in [5.74, 6) is -0.111. The number of nitrogens with two attached hydrogens (primary N) is 1. The van der Waals surface area contributed by atoms with Crippen LogP contribution in [-0.4, -0.2) is 23.9 Å². The number of carbonyl (C=O) groups excluding carboxylic acids is 1. The average Bonchev–Trinajstić information content (AvgIpc) is 2.59. The van der Waals surface area contributed by atoms with Gasteiger partial charge in [-0.05, 0) is 18.4 Å². The van der Waals surface area contributed by atoms with Crippen molar-refractivity contribution in [2.24, 2.45) is 11.7 Å². The topological polar surface area (TPSA) is 46.3 Å². The molecule has 0 saturated carbocycles. The zero-order chi connectivity index (χ0) is 12.4. The van der Waals surface area contributed by atoms with Crippen molar-refractivity contribution in [3.05, 3.63) is 35.6 Å². The van der Waals surface area contributed by atoms with Crippen LogP contribution in [0.2, 0.25) is 0 Å². The highest BCUT2D eigenvalue weighted by Crippen LogP contribution is 2.35. The fourth-order valence-corrected chi connectivity index (χ4v) is 2.58. The van der Waals surface area contributed by atoms with E-state index in [-0.39, 0.29) is 24.3 Å². The minimum absolute atomic E-state index is 0.0290. The summed E-state index contributed by atoms with van der Waals surface area (Å²) < 4.78 is 13.7. The second kappa shape index (κ2) is 4.84. The summed E-state index contributed by atoms with van der Waals surface area (Å²) in [4.78, 5) is 13.0. The molecule has 0 bridgehead atoms. The Kier molecular flexibility index (Phi) is 3.43. The van der Waals surface area contributed by atoms with Crippen molar-refractivity contribution in [2.45, 2.75) is 19.4 Å². The van der Waals surface area contributed by atoms with Gasteiger partial charge in [0.05, 0.1) is 6.54 Å². The summed E-state index contributed by atoms with van der Waals surface area (Å²) in [7, 11) is 0. The van der Waals surface area contributed by atoms with Gasteiger partial charge in [-0.1, -0.05) is 25.1 Å². The average molecular weight is 236 g/mol. The third kappa shape index (κ3) is 2.64. The SMILES string of the molecule is CC1CC(c2ccccc2F)N(CC(N)=O)C1. The normalized spacial score (nSPS) is 25.1. The summed E-state index contributed by atoms with van der Waals surface area (Å²) in [6.45, 7) is 3.10. The first kappa shape index (κ1) is 12.0. The maximum atomic E-state index is 13.7. The maximum Gasteiger partial charge on any atom is 0.231 e. The third-order valence-corrected chi connectivity index (χ3v) is 3.24. The molecule has 17 heavy (non-hydrogen) atoms. The first-order chi connectivity index (χ1) is 8.08. The number of primary amides is 1. The van der Waals surface area contributed by atoms with Gasteiger partial charge in [-0.15, -0.1) is 0 Å². The highest BCUT2D eigenvalue weighted by Gasteiger charge is 2.32. The molecule has 1 heterocycles. The Bertz CT molecular complexity index is 422. The molecule has 1 aromatic carbocycles. The van der Waals surface area contributed by atoms with Crippen LogP contribution in [0, 0.1) is 11.7 Å². The molecule has 2 unspecified atom stereocenters. The standard InChI is InChI=1S/C13H17FN2O/c1-9-6-12(16(7-9)8-13(15)17)10-4-2-3-5-11(10)14/h2-5,9,12H,6-8H2,1H3,(H2,15,17). The van der Waals surface area contributed by atoms with Gasteiger partial charge in [0.2, 0.25) is 5.91 Å². The van der Waals surface area contributed by atoms with E-state index >= 15 is 0 Å². The monoisotopic (exact) mass is 236 g/mol. The molecule has 92 valence electrons. The van der Waals surface area contributed by atoms with Gasteiger partial charge in [-0.2, -0.15) is 0 Å². The summed E-state index contributed by atoms with van der Waals surface area (Å²) in [6.07, 6.45) is 0.869. The number of likely N-dealkylation sites (tertiary alicyclic amines) is 1. The van der Waals surface area contributed by atoms with Crippen LogP contribution >= 0.6 is 0 Å². The van der Waals surface area contributed by atoms with Gasteiger partial charge in [0.15, 0.2) is 0 Å². The van der Waals surface area contributed by atoms with Crippen LogP contribution in [0.15, 0.2) is 24.3 Å². The Morgan fingerprint density at radius 3 is 2.88 bits per heavy atom. The molecule has 2 atom stereocenters. The van der Waals surface area contributed by atoms with Crippen LogP contribution in [0.5, 0.6) is 0 Å². The van der Waals surface area contributed by atoms with Crippen molar-refractivity contribution in [1.29, 1.82) is 0 Å². The quantitative estimate of drug-likeness (QED) is 0.868. The third-order valence-electron chi connectivity index (χ3n) is 3.24. The van der Waals surface area contributed by atoms with Crippen molar-refractivity contribution in [1.82, 2.24) is 4.90 Å². The lowest BCUT2D eigenvalue weighted by molar-refractivity contribution is -0.119. The molecule has 4 heteroatoms. The van der Waals surface area contributed by atoms with Crippen molar-refractivity contribution < 1.29 is 9.18 Å². The van der Waals surface area contributed by atoms with E-state index in [0.29, 0.717) is 11.5 Å². The molecule has 0 aliphatic carbocycles. The zero-order valence-electron chi connectivity index (χ0n) is 9.90. The summed E-state index contributed by atoms with van der Waals surface area (Å²) in [5.41, 5.74) is 5.89. The van der Waals surface area contributed by atoms with Gasteiger partial charge >= 0.3 is 0 Å². The van der Waals surface area contributed by atoms with E-state index in [0.717, 1.165) is 13.0 Å². The van der Waals surface area contributed by atoms with Crippen molar-refractivity contribution in [3.8, 4) is 0 Å². The minimum Gasteiger partial charge on any atom is -0.369 e. The van der Waals surface area contributed by atoms with Crippen molar-refractivity contribution >= 4 is 5.91 Å². The highest BCUT2D eigenvalue weighted by molar-refractivity contribution is 5.76. The molecule has 0 radical (unpaired) electrons. The molecule has 1 aromatic rings. The zero-order valence-corrected chi connectivity index (χ0v) is 9.90. The Labute approximate surface area is 100 Å². The second-order valence-electron chi connectivity index (χ2n) is 4.77. The molecule has 1 aliphatic rings. The van der Waals surface area contributed by atoms with Crippen LogP contribution in [0.1, 0.15) is 24.9 Å².